The zero-order valence-electron chi connectivity index (χ0n) is 7.54. The Labute approximate surface area is 81.1 Å². The minimum absolute atomic E-state index is 0.749. The van der Waals surface area contributed by atoms with E-state index >= 15 is 0 Å². The quantitative estimate of drug-likeness (QED) is 0.621. The molecule has 3 rings (SSSR count). The molecule has 0 atom stereocenters. The molecular formula is C10H9N4+. The van der Waals surface area contributed by atoms with Crippen molar-refractivity contribution in [2.75, 3.05) is 0 Å². The summed E-state index contributed by atoms with van der Waals surface area (Å²) >= 11 is 0. The zero-order valence-corrected chi connectivity index (χ0v) is 7.54. The molecular weight excluding hydrogens is 176 g/mol. The number of rotatable bonds is 1. The second kappa shape index (κ2) is 2.77. The van der Waals surface area contributed by atoms with Gasteiger partial charge in [-0.25, -0.2) is 0 Å². The van der Waals surface area contributed by atoms with E-state index < -0.39 is 0 Å². The summed E-state index contributed by atoms with van der Waals surface area (Å²) in [6.45, 7) is 0.749. The Morgan fingerprint density at radius 3 is 2.86 bits per heavy atom. The molecule has 2 heterocycles. The monoisotopic (exact) mass is 185 g/mol. The van der Waals surface area contributed by atoms with Crippen LogP contribution in [0.1, 0.15) is 5.69 Å². The Kier molecular flexibility index (Phi) is 1.47. The van der Waals surface area contributed by atoms with Crippen molar-refractivity contribution in [3.63, 3.8) is 0 Å². The van der Waals surface area contributed by atoms with Crippen LogP contribution in [0.3, 0.4) is 0 Å². The van der Waals surface area contributed by atoms with Crippen molar-refractivity contribution in [2.24, 2.45) is 0 Å². The zero-order chi connectivity index (χ0) is 9.38. The molecule has 0 radical (unpaired) electrons. The lowest BCUT2D eigenvalue weighted by molar-refractivity contribution is -0.465. The highest BCUT2D eigenvalue weighted by molar-refractivity contribution is 5.74. The summed E-state index contributed by atoms with van der Waals surface area (Å²) in [6.07, 6.45) is 3.82. The molecule has 4 heteroatoms. The molecule has 4 nitrogen and oxygen atoms in total. The summed E-state index contributed by atoms with van der Waals surface area (Å²) in [5, 5.41) is 7.79. The first kappa shape index (κ1) is 7.44. The van der Waals surface area contributed by atoms with Gasteiger partial charge in [-0.15, -0.1) is 5.10 Å². The summed E-state index contributed by atoms with van der Waals surface area (Å²) in [6, 6.07) is 10.2. The third-order valence-electron chi connectivity index (χ3n) is 2.31. The molecule has 2 aromatic rings. The summed E-state index contributed by atoms with van der Waals surface area (Å²) in [7, 11) is 0. The van der Waals surface area contributed by atoms with Crippen molar-refractivity contribution in [3.05, 3.63) is 42.2 Å². The average molecular weight is 185 g/mol. The SMILES string of the molecule is C1=[N+](c2ccccc2)Cn2nncc21. The van der Waals surface area contributed by atoms with Crippen molar-refractivity contribution in [2.45, 2.75) is 6.67 Å². The summed E-state index contributed by atoms with van der Waals surface area (Å²) < 4.78 is 4.01. The molecule has 0 spiro atoms. The van der Waals surface area contributed by atoms with Gasteiger partial charge in [0.1, 0.15) is 0 Å². The van der Waals surface area contributed by atoms with E-state index in [1.807, 2.05) is 22.9 Å². The van der Waals surface area contributed by atoms with Gasteiger partial charge in [-0.05, 0) is 0 Å². The van der Waals surface area contributed by atoms with Gasteiger partial charge in [0, 0.05) is 12.1 Å². The van der Waals surface area contributed by atoms with Crippen LogP contribution in [0.15, 0.2) is 36.5 Å². The molecule has 0 saturated heterocycles. The van der Waals surface area contributed by atoms with Gasteiger partial charge in [0.05, 0.1) is 6.20 Å². The number of aromatic nitrogens is 3. The highest BCUT2D eigenvalue weighted by Gasteiger charge is 2.20. The molecule has 0 unspecified atom stereocenters. The maximum Gasteiger partial charge on any atom is 0.245 e. The third kappa shape index (κ3) is 1.04. The van der Waals surface area contributed by atoms with Crippen molar-refractivity contribution >= 4 is 11.9 Å². The first-order valence-corrected chi connectivity index (χ1v) is 4.48. The molecule has 1 aliphatic heterocycles. The van der Waals surface area contributed by atoms with Gasteiger partial charge in [0.15, 0.2) is 11.9 Å². The fourth-order valence-corrected chi connectivity index (χ4v) is 1.60. The van der Waals surface area contributed by atoms with Crippen molar-refractivity contribution in [3.8, 4) is 0 Å². The maximum atomic E-state index is 3.97. The molecule has 0 amide bonds. The fraction of sp³-hybridized carbons (Fsp3) is 0.100. The highest BCUT2D eigenvalue weighted by atomic mass is 15.5. The molecule has 68 valence electrons. The standard InChI is InChI=1S/C10H9N4/c1-2-4-9(5-3-1)13-7-10-6-11-12-14(10)8-13/h1-7H,8H2/q+1. The fourth-order valence-electron chi connectivity index (χ4n) is 1.60. The largest absolute Gasteiger partial charge is 0.245 e. The van der Waals surface area contributed by atoms with Crippen LogP contribution in [0.5, 0.6) is 0 Å². The van der Waals surface area contributed by atoms with E-state index in [9.17, 15) is 0 Å². The van der Waals surface area contributed by atoms with E-state index in [-0.39, 0.29) is 0 Å². The number of benzene rings is 1. The van der Waals surface area contributed by atoms with Crippen LogP contribution in [0.2, 0.25) is 0 Å². The number of hydrogen-bond donors (Lipinski definition) is 0. The first-order valence-electron chi connectivity index (χ1n) is 4.48. The molecule has 1 aromatic heterocycles. The van der Waals surface area contributed by atoms with Crippen LogP contribution in [0.4, 0.5) is 5.69 Å². The van der Waals surface area contributed by atoms with Gasteiger partial charge in [0.25, 0.3) is 0 Å². The summed E-state index contributed by atoms with van der Waals surface area (Å²) in [4.78, 5) is 0. The lowest BCUT2D eigenvalue weighted by atomic mass is 10.3. The van der Waals surface area contributed by atoms with Gasteiger partial charge >= 0.3 is 0 Å². The van der Waals surface area contributed by atoms with Crippen molar-refractivity contribution < 1.29 is 4.58 Å². The van der Waals surface area contributed by atoms with E-state index in [1.54, 1.807) is 6.20 Å². The van der Waals surface area contributed by atoms with E-state index in [0.29, 0.717) is 0 Å². The van der Waals surface area contributed by atoms with E-state index in [4.69, 9.17) is 0 Å². The van der Waals surface area contributed by atoms with Crippen LogP contribution >= 0.6 is 0 Å². The van der Waals surface area contributed by atoms with Gasteiger partial charge in [-0.2, -0.15) is 9.26 Å². The van der Waals surface area contributed by atoms with Crippen LogP contribution < -0.4 is 0 Å². The lowest BCUT2D eigenvalue weighted by Crippen LogP contribution is -2.05. The minimum Gasteiger partial charge on any atom is -0.179 e. The number of fused-ring (bicyclic) bond motifs is 1. The van der Waals surface area contributed by atoms with E-state index in [1.165, 1.54) is 5.69 Å². The first-order chi connectivity index (χ1) is 6.93. The minimum atomic E-state index is 0.749. The number of para-hydroxylation sites is 1. The molecule has 0 bridgehead atoms. The molecule has 0 fully saturated rings. The topological polar surface area (TPSA) is 33.7 Å². The summed E-state index contributed by atoms with van der Waals surface area (Å²) in [5.74, 6) is 0. The van der Waals surface area contributed by atoms with Crippen molar-refractivity contribution in [1.82, 2.24) is 15.0 Å². The van der Waals surface area contributed by atoms with Gasteiger partial charge in [0.2, 0.25) is 12.4 Å². The molecule has 1 aliphatic rings. The second-order valence-corrected chi connectivity index (χ2v) is 3.23. The number of nitrogens with zero attached hydrogens (tertiary/aromatic N) is 4. The molecule has 1 aromatic carbocycles. The molecule has 0 N–H and O–H groups in total. The van der Waals surface area contributed by atoms with E-state index in [2.05, 4.69) is 33.2 Å². The Bertz CT molecular complexity index is 484. The predicted octanol–water partition coefficient (Wildman–Crippen LogP) is 1.01. The Morgan fingerprint density at radius 2 is 2.07 bits per heavy atom. The summed E-state index contributed by atoms with van der Waals surface area (Å²) in [5.41, 5.74) is 2.23. The van der Waals surface area contributed by atoms with E-state index in [0.717, 1.165) is 12.4 Å². The predicted molar refractivity (Wildman–Crippen MR) is 51.6 cm³/mol. The van der Waals surface area contributed by atoms with Gasteiger partial charge in [-0.3, -0.25) is 0 Å². The normalized spacial score (nSPS) is 13.9. The van der Waals surface area contributed by atoms with Gasteiger partial charge < -0.3 is 0 Å². The maximum absolute atomic E-state index is 3.97. The van der Waals surface area contributed by atoms with Gasteiger partial charge in [-0.1, -0.05) is 23.4 Å². The van der Waals surface area contributed by atoms with Crippen LogP contribution in [-0.4, -0.2) is 25.8 Å². The molecule has 0 aliphatic carbocycles. The Balaban J connectivity index is 2.02. The van der Waals surface area contributed by atoms with Crippen molar-refractivity contribution in [1.29, 1.82) is 0 Å². The highest BCUT2D eigenvalue weighted by Crippen LogP contribution is 2.14. The van der Waals surface area contributed by atoms with Crippen LogP contribution in [0, 0.1) is 0 Å². The van der Waals surface area contributed by atoms with Crippen LogP contribution in [-0.2, 0) is 6.67 Å². The Hall–Kier alpha value is -1.97. The average Bonchev–Trinajstić information content (AvgIpc) is 2.78. The Morgan fingerprint density at radius 1 is 1.21 bits per heavy atom. The number of hydrogen-bond acceptors (Lipinski definition) is 2. The molecule has 0 saturated carbocycles. The van der Waals surface area contributed by atoms with Crippen LogP contribution in [0.25, 0.3) is 0 Å². The third-order valence-corrected chi connectivity index (χ3v) is 2.31. The second-order valence-electron chi connectivity index (χ2n) is 3.23. The smallest absolute Gasteiger partial charge is 0.179 e. The lowest BCUT2D eigenvalue weighted by Gasteiger charge is -1.95. The molecule has 14 heavy (non-hydrogen) atoms.